The van der Waals surface area contributed by atoms with Crippen molar-refractivity contribution in [2.24, 2.45) is 5.92 Å². The van der Waals surface area contributed by atoms with E-state index in [1.807, 2.05) is 6.92 Å². The van der Waals surface area contributed by atoms with Crippen LogP contribution in [0.2, 0.25) is 0 Å². The molecule has 0 radical (unpaired) electrons. The number of nitrogens with one attached hydrogen (secondary N) is 1. The van der Waals surface area contributed by atoms with Crippen LogP contribution in [-0.4, -0.2) is 54.6 Å². The molecule has 128 valence electrons. The lowest BCUT2D eigenvalue weighted by Crippen LogP contribution is -2.47. The molecule has 7 nitrogen and oxygen atoms in total. The van der Waals surface area contributed by atoms with Gasteiger partial charge in [-0.25, -0.2) is 17.5 Å². The number of nitrogens with zero attached hydrogens (tertiary/aromatic N) is 1. The van der Waals surface area contributed by atoms with Crippen molar-refractivity contribution < 1.29 is 23.1 Å². The van der Waals surface area contributed by atoms with Crippen molar-refractivity contribution in [2.75, 3.05) is 18.8 Å². The highest BCUT2D eigenvalue weighted by molar-refractivity contribution is 7.89. The van der Waals surface area contributed by atoms with Gasteiger partial charge in [0.2, 0.25) is 15.9 Å². The largest absolute Gasteiger partial charge is 0.480 e. The first-order chi connectivity index (χ1) is 10.3. The molecule has 1 aliphatic heterocycles. The maximum atomic E-state index is 12.2. The summed E-state index contributed by atoms with van der Waals surface area (Å²) in [7, 11) is -3.21. The lowest BCUT2D eigenvalue weighted by Gasteiger charge is -2.30. The van der Waals surface area contributed by atoms with Crippen LogP contribution in [0, 0.1) is 5.92 Å². The Labute approximate surface area is 132 Å². The van der Waals surface area contributed by atoms with E-state index in [0.717, 1.165) is 12.8 Å². The fourth-order valence-electron chi connectivity index (χ4n) is 2.53. The number of carboxylic acids is 1. The van der Waals surface area contributed by atoms with Crippen LogP contribution in [-0.2, 0) is 19.6 Å². The van der Waals surface area contributed by atoms with Crippen molar-refractivity contribution in [3.63, 3.8) is 0 Å². The van der Waals surface area contributed by atoms with E-state index < -0.39 is 22.0 Å². The molecule has 0 spiro atoms. The molecular weight excluding hydrogens is 308 g/mol. The van der Waals surface area contributed by atoms with Crippen LogP contribution in [0.25, 0.3) is 0 Å². The molecule has 1 fully saturated rings. The van der Waals surface area contributed by atoms with E-state index >= 15 is 0 Å². The van der Waals surface area contributed by atoms with Crippen molar-refractivity contribution in [1.29, 1.82) is 0 Å². The van der Waals surface area contributed by atoms with Gasteiger partial charge in [0.25, 0.3) is 0 Å². The molecule has 1 saturated heterocycles. The van der Waals surface area contributed by atoms with E-state index in [1.165, 1.54) is 4.31 Å². The van der Waals surface area contributed by atoms with E-state index in [-0.39, 0.29) is 17.6 Å². The summed E-state index contributed by atoms with van der Waals surface area (Å²) in [5.74, 6) is -1.56. The summed E-state index contributed by atoms with van der Waals surface area (Å²) in [4.78, 5) is 23.3. The summed E-state index contributed by atoms with van der Waals surface area (Å²) in [5.41, 5.74) is 0. The number of amides is 1. The van der Waals surface area contributed by atoms with Crippen molar-refractivity contribution in [2.45, 2.75) is 52.0 Å². The number of rotatable bonds is 8. The lowest BCUT2D eigenvalue weighted by molar-refractivity contribution is -0.142. The predicted octanol–water partition coefficient (Wildman–Crippen LogP) is 0.808. The molecule has 8 heteroatoms. The summed E-state index contributed by atoms with van der Waals surface area (Å²) >= 11 is 0. The minimum atomic E-state index is -3.21. The highest BCUT2D eigenvalue weighted by atomic mass is 32.2. The Morgan fingerprint density at radius 2 is 1.86 bits per heavy atom. The molecule has 0 aromatic rings. The second-order valence-electron chi connectivity index (χ2n) is 5.62. The van der Waals surface area contributed by atoms with Gasteiger partial charge in [-0.15, -0.1) is 0 Å². The van der Waals surface area contributed by atoms with Gasteiger partial charge in [-0.05, 0) is 26.2 Å². The molecule has 22 heavy (non-hydrogen) atoms. The van der Waals surface area contributed by atoms with Crippen molar-refractivity contribution in [3.8, 4) is 0 Å². The third-order valence-electron chi connectivity index (χ3n) is 4.04. The lowest BCUT2D eigenvalue weighted by atomic mass is 9.96. The zero-order valence-electron chi connectivity index (χ0n) is 13.2. The number of sulfonamides is 1. The SMILES string of the molecule is CCCCC(NC(=O)C1CCN(S(=O)(=O)CC)CC1)C(=O)O. The normalized spacial score (nSPS) is 18.8. The van der Waals surface area contributed by atoms with E-state index in [1.54, 1.807) is 6.92 Å². The predicted molar refractivity (Wildman–Crippen MR) is 82.8 cm³/mol. The van der Waals surface area contributed by atoms with Gasteiger partial charge in [-0.3, -0.25) is 4.79 Å². The summed E-state index contributed by atoms with van der Waals surface area (Å²) in [6.07, 6.45) is 2.90. The summed E-state index contributed by atoms with van der Waals surface area (Å²) in [6.45, 7) is 4.20. The maximum absolute atomic E-state index is 12.2. The van der Waals surface area contributed by atoms with Crippen LogP contribution in [0.15, 0.2) is 0 Å². The van der Waals surface area contributed by atoms with Gasteiger partial charge in [0.05, 0.1) is 5.75 Å². The number of carbonyl (C=O) groups excluding carboxylic acids is 1. The van der Waals surface area contributed by atoms with Crippen molar-refractivity contribution in [3.05, 3.63) is 0 Å². The van der Waals surface area contributed by atoms with Crippen LogP contribution in [0.4, 0.5) is 0 Å². The van der Waals surface area contributed by atoms with Crippen molar-refractivity contribution >= 4 is 21.9 Å². The molecule has 1 aliphatic rings. The quantitative estimate of drug-likeness (QED) is 0.683. The van der Waals surface area contributed by atoms with Crippen LogP contribution >= 0.6 is 0 Å². The van der Waals surface area contributed by atoms with Gasteiger partial charge >= 0.3 is 5.97 Å². The van der Waals surface area contributed by atoms with Crippen LogP contribution in [0.3, 0.4) is 0 Å². The Bertz CT molecular complexity index is 483. The zero-order chi connectivity index (χ0) is 16.8. The molecule has 0 aliphatic carbocycles. The van der Waals surface area contributed by atoms with Gasteiger partial charge < -0.3 is 10.4 Å². The number of aliphatic carboxylic acids is 1. The molecule has 1 unspecified atom stereocenters. The first-order valence-corrected chi connectivity index (χ1v) is 9.43. The van der Waals surface area contributed by atoms with E-state index in [2.05, 4.69) is 5.32 Å². The third-order valence-corrected chi connectivity index (χ3v) is 5.93. The molecular formula is C14H26N2O5S. The second kappa shape index (κ2) is 8.47. The molecule has 0 aromatic carbocycles. The topological polar surface area (TPSA) is 104 Å². The van der Waals surface area contributed by atoms with Gasteiger partial charge in [0.1, 0.15) is 6.04 Å². The van der Waals surface area contributed by atoms with Crippen LogP contribution < -0.4 is 5.32 Å². The molecule has 0 bridgehead atoms. The first-order valence-electron chi connectivity index (χ1n) is 7.82. The maximum Gasteiger partial charge on any atom is 0.326 e. The Balaban J connectivity index is 2.53. The Morgan fingerprint density at radius 3 is 2.32 bits per heavy atom. The number of hydrogen-bond donors (Lipinski definition) is 2. The molecule has 1 amide bonds. The fourth-order valence-corrected chi connectivity index (χ4v) is 3.67. The number of hydrogen-bond acceptors (Lipinski definition) is 4. The fraction of sp³-hybridized carbons (Fsp3) is 0.857. The van der Waals surface area contributed by atoms with Gasteiger partial charge in [0, 0.05) is 19.0 Å². The number of carbonyl (C=O) groups is 2. The zero-order valence-corrected chi connectivity index (χ0v) is 14.1. The Morgan fingerprint density at radius 1 is 1.27 bits per heavy atom. The highest BCUT2D eigenvalue weighted by Gasteiger charge is 2.31. The average Bonchev–Trinajstić information content (AvgIpc) is 2.51. The van der Waals surface area contributed by atoms with Crippen LogP contribution in [0.1, 0.15) is 46.0 Å². The second-order valence-corrected chi connectivity index (χ2v) is 7.87. The summed E-state index contributed by atoms with van der Waals surface area (Å²) in [6, 6.07) is -0.857. The third kappa shape index (κ3) is 5.24. The molecule has 0 aromatic heterocycles. The molecule has 1 atom stereocenters. The standard InChI is InChI=1S/C14H26N2O5S/c1-3-5-6-12(14(18)19)15-13(17)11-7-9-16(10-8-11)22(20,21)4-2/h11-12H,3-10H2,1-2H3,(H,15,17)(H,18,19). The summed E-state index contributed by atoms with van der Waals surface area (Å²) in [5, 5.41) is 11.7. The van der Waals surface area contributed by atoms with E-state index in [4.69, 9.17) is 5.11 Å². The Kier molecular flexibility index (Phi) is 7.28. The molecule has 1 heterocycles. The van der Waals surface area contributed by atoms with Crippen LogP contribution in [0.5, 0.6) is 0 Å². The monoisotopic (exact) mass is 334 g/mol. The smallest absolute Gasteiger partial charge is 0.326 e. The molecule has 1 rings (SSSR count). The minimum absolute atomic E-state index is 0.0575. The van der Waals surface area contributed by atoms with E-state index in [0.29, 0.717) is 32.4 Å². The minimum Gasteiger partial charge on any atom is -0.480 e. The number of carboxylic acid groups (broad SMARTS) is 1. The highest BCUT2D eigenvalue weighted by Crippen LogP contribution is 2.20. The number of unbranched alkanes of at least 4 members (excludes halogenated alkanes) is 1. The van der Waals surface area contributed by atoms with Gasteiger partial charge in [0.15, 0.2) is 0 Å². The van der Waals surface area contributed by atoms with Crippen molar-refractivity contribution in [1.82, 2.24) is 9.62 Å². The summed E-state index contributed by atoms with van der Waals surface area (Å²) < 4.78 is 24.9. The molecule has 0 saturated carbocycles. The average molecular weight is 334 g/mol. The first kappa shape index (κ1) is 18.9. The molecule has 2 N–H and O–H groups in total. The Hall–Kier alpha value is -1.15. The van der Waals surface area contributed by atoms with E-state index in [9.17, 15) is 18.0 Å². The van der Waals surface area contributed by atoms with Gasteiger partial charge in [-0.1, -0.05) is 19.8 Å². The number of piperidine rings is 1. The van der Waals surface area contributed by atoms with Gasteiger partial charge in [-0.2, -0.15) is 0 Å².